The normalized spacial score (nSPS) is 13.2. The molecule has 0 spiro atoms. The number of carbonyl (C=O) groups excluding carboxylic acids is 2. The Morgan fingerprint density at radius 3 is 2.21 bits per heavy atom. The molecule has 1 atom stereocenters. The molecule has 0 aliphatic heterocycles. The van der Waals surface area contributed by atoms with Gasteiger partial charge in [-0.2, -0.15) is 0 Å². The minimum atomic E-state index is -0.907. The van der Waals surface area contributed by atoms with Gasteiger partial charge in [0, 0.05) is 19.5 Å². The lowest BCUT2D eigenvalue weighted by Crippen LogP contribution is -2.48. The molecule has 0 aromatic heterocycles. The van der Waals surface area contributed by atoms with E-state index in [9.17, 15) is 9.59 Å². The molecular weight excluding hydrogens is 356 g/mol. The number of nitrogens with two attached hydrogens (primary N) is 1. The molecular formula is C22H24N2O4. The van der Waals surface area contributed by atoms with Gasteiger partial charge >= 0.3 is 12.1 Å². The van der Waals surface area contributed by atoms with Crippen LogP contribution in [-0.4, -0.2) is 49.8 Å². The molecule has 1 aliphatic carbocycles. The number of ether oxygens (including phenoxy) is 2. The van der Waals surface area contributed by atoms with Crippen molar-refractivity contribution in [3.8, 4) is 11.1 Å². The number of hydrogen-bond donors (Lipinski definition) is 1. The summed E-state index contributed by atoms with van der Waals surface area (Å²) in [5.74, 6) is -0.632. The predicted molar refractivity (Wildman–Crippen MR) is 107 cm³/mol. The van der Waals surface area contributed by atoms with Gasteiger partial charge in [-0.3, -0.25) is 4.90 Å². The highest BCUT2D eigenvalue weighted by Crippen LogP contribution is 2.44. The molecule has 2 N–H and O–H groups in total. The first-order valence-corrected chi connectivity index (χ1v) is 9.13. The highest BCUT2D eigenvalue weighted by Gasteiger charge is 2.31. The van der Waals surface area contributed by atoms with Crippen LogP contribution in [0.25, 0.3) is 11.1 Å². The maximum Gasteiger partial charge on any atom is 0.410 e. The molecule has 2 aromatic rings. The molecule has 0 saturated carbocycles. The predicted octanol–water partition coefficient (Wildman–Crippen LogP) is 2.92. The minimum absolute atomic E-state index is 0.0474. The standard InChI is InChI=1S/C22H24N2O4/c1-3-12-27-21(25)20(13-23)24(2)22(26)28-14-19-17-10-6-4-8-15(17)16-9-5-7-11-18(16)19/h3-11,19-20H,1,12-14,23H2,2H3/t20-/m0/s1. The van der Waals surface area contributed by atoms with E-state index < -0.39 is 18.1 Å². The SMILES string of the molecule is C=CCOC(=O)[C@H](CN)N(C)C(=O)OCC1c2ccccc2-c2ccccc21. The largest absolute Gasteiger partial charge is 0.460 e. The third-order valence-corrected chi connectivity index (χ3v) is 4.93. The number of nitrogens with zero attached hydrogens (tertiary/aromatic N) is 1. The van der Waals surface area contributed by atoms with Crippen molar-refractivity contribution in [3.63, 3.8) is 0 Å². The van der Waals surface area contributed by atoms with Gasteiger partial charge in [-0.1, -0.05) is 61.2 Å². The number of carbonyl (C=O) groups is 2. The van der Waals surface area contributed by atoms with Crippen molar-refractivity contribution in [1.29, 1.82) is 0 Å². The summed E-state index contributed by atoms with van der Waals surface area (Å²) in [5.41, 5.74) is 10.2. The van der Waals surface area contributed by atoms with E-state index in [2.05, 4.69) is 18.7 Å². The highest BCUT2D eigenvalue weighted by atomic mass is 16.6. The molecule has 6 heteroatoms. The van der Waals surface area contributed by atoms with Gasteiger partial charge in [0.25, 0.3) is 0 Å². The number of likely N-dealkylation sites (N-methyl/N-ethyl adjacent to an activating group) is 1. The first-order chi connectivity index (χ1) is 13.6. The van der Waals surface area contributed by atoms with E-state index in [-0.39, 0.29) is 25.7 Å². The van der Waals surface area contributed by atoms with Gasteiger partial charge in [-0.05, 0) is 22.3 Å². The van der Waals surface area contributed by atoms with Crippen LogP contribution >= 0.6 is 0 Å². The molecule has 3 rings (SSSR count). The summed E-state index contributed by atoms with van der Waals surface area (Å²) >= 11 is 0. The van der Waals surface area contributed by atoms with Crippen molar-refractivity contribution in [2.24, 2.45) is 5.73 Å². The molecule has 0 saturated heterocycles. The first-order valence-electron chi connectivity index (χ1n) is 9.13. The molecule has 0 bridgehead atoms. The van der Waals surface area contributed by atoms with E-state index in [1.807, 2.05) is 36.4 Å². The Bertz CT molecular complexity index is 835. The molecule has 146 valence electrons. The van der Waals surface area contributed by atoms with Gasteiger partial charge in [-0.15, -0.1) is 0 Å². The summed E-state index contributed by atoms with van der Waals surface area (Å²) in [4.78, 5) is 25.8. The van der Waals surface area contributed by atoms with Gasteiger partial charge in [0.1, 0.15) is 19.3 Å². The molecule has 0 fully saturated rings. The van der Waals surface area contributed by atoms with Crippen LogP contribution in [0.1, 0.15) is 17.0 Å². The molecule has 0 heterocycles. The van der Waals surface area contributed by atoms with Gasteiger partial charge in [0.15, 0.2) is 0 Å². The Morgan fingerprint density at radius 1 is 1.11 bits per heavy atom. The van der Waals surface area contributed by atoms with Crippen LogP contribution in [-0.2, 0) is 14.3 Å². The van der Waals surface area contributed by atoms with Gasteiger partial charge in [0.2, 0.25) is 0 Å². The van der Waals surface area contributed by atoms with E-state index in [0.29, 0.717) is 0 Å². The zero-order chi connectivity index (χ0) is 20.1. The Balaban J connectivity index is 1.70. The Hall–Kier alpha value is -3.12. The van der Waals surface area contributed by atoms with E-state index in [0.717, 1.165) is 22.3 Å². The van der Waals surface area contributed by atoms with E-state index in [1.165, 1.54) is 18.0 Å². The summed E-state index contributed by atoms with van der Waals surface area (Å²) in [6, 6.07) is 15.3. The second kappa shape index (κ2) is 8.71. The van der Waals surface area contributed by atoms with Crippen molar-refractivity contribution in [1.82, 2.24) is 4.90 Å². The molecule has 0 radical (unpaired) electrons. The zero-order valence-corrected chi connectivity index (χ0v) is 15.8. The molecule has 0 unspecified atom stereocenters. The summed E-state index contributed by atoms with van der Waals surface area (Å²) < 4.78 is 10.5. The van der Waals surface area contributed by atoms with Gasteiger partial charge < -0.3 is 15.2 Å². The second-order valence-electron chi connectivity index (χ2n) is 6.59. The Kier molecular flexibility index (Phi) is 6.11. The molecule has 1 aliphatic rings. The summed E-state index contributed by atoms with van der Waals surface area (Å²) in [6.07, 6.45) is 0.839. The first kappa shape index (κ1) is 19.6. The van der Waals surface area contributed by atoms with Crippen LogP contribution in [0.3, 0.4) is 0 Å². The van der Waals surface area contributed by atoms with Gasteiger partial charge in [0.05, 0.1) is 0 Å². The average molecular weight is 380 g/mol. The Morgan fingerprint density at radius 2 is 1.68 bits per heavy atom. The number of esters is 1. The fourth-order valence-electron chi connectivity index (χ4n) is 3.47. The van der Waals surface area contributed by atoms with Crippen LogP contribution in [0.5, 0.6) is 0 Å². The molecule has 1 amide bonds. The lowest BCUT2D eigenvalue weighted by molar-refractivity contribution is -0.147. The third kappa shape index (κ3) is 3.77. The summed E-state index contributed by atoms with van der Waals surface area (Å²) in [6.45, 7) is 3.68. The van der Waals surface area contributed by atoms with Crippen molar-refractivity contribution < 1.29 is 19.1 Å². The number of benzene rings is 2. The van der Waals surface area contributed by atoms with Gasteiger partial charge in [-0.25, -0.2) is 9.59 Å². The van der Waals surface area contributed by atoms with E-state index >= 15 is 0 Å². The van der Waals surface area contributed by atoms with Crippen LogP contribution in [0.4, 0.5) is 4.79 Å². The molecule has 6 nitrogen and oxygen atoms in total. The smallest absolute Gasteiger partial charge is 0.410 e. The van der Waals surface area contributed by atoms with Crippen molar-refractivity contribution in [2.75, 3.05) is 26.8 Å². The quantitative estimate of drug-likeness (QED) is 0.590. The topological polar surface area (TPSA) is 81.9 Å². The Labute approximate surface area is 164 Å². The van der Waals surface area contributed by atoms with E-state index in [1.54, 1.807) is 0 Å². The van der Waals surface area contributed by atoms with Crippen LogP contribution in [0.15, 0.2) is 61.2 Å². The van der Waals surface area contributed by atoms with Crippen LogP contribution < -0.4 is 5.73 Å². The summed E-state index contributed by atoms with van der Waals surface area (Å²) in [5, 5.41) is 0. The zero-order valence-electron chi connectivity index (χ0n) is 15.8. The van der Waals surface area contributed by atoms with E-state index in [4.69, 9.17) is 15.2 Å². The minimum Gasteiger partial charge on any atom is -0.460 e. The van der Waals surface area contributed by atoms with Crippen molar-refractivity contribution in [2.45, 2.75) is 12.0 Å². The number of rotatable bonds is 7. The second-order valence-corrected chi connectivity index (χ2v) is 6.59. The number of hydrogen-bond acceptors (Lipinski definition) is 5. The monoisotopic (exact) mass is 380 g/mol. The highest BCUT2D eigenvalue weighted by molar-refractivity contribution is 5.82. The lowest BCUT2D eigenvalue weighted by Gasteiger charge is -2.25. The lowest BCUT2D eigenvalue weighted by atomic mass is 9.98. The fourth-order valence-corrected chi connectivity index (χ4v) is 3.47. The average Bonchev–Trinajstić information content (AvgIpc) is 3.04. The maximum atomic E-state index is 12.5. The number of amides is 1. The molecule has 28 heavy (non-hydrogen) atoms. The fraction of sp³-hybridized carbons (Fsp3) is 0.273. The van der Waals surface area contributed by atoms with Crippen molar-refractivity contribution in [3.05, 3.63) is 72.3 Å². The van der Waals surface area contributed by atoms with Crippen LogP contribution in [0.2, 0.25) is 0 Å². The van der Waals surface area contributed by atoms with Crippen LogP contribution in [0, 0.1) is 0 Å². The maximum absolute atomic E-state index is 12.5. The summed E-state index contributed by atoms with van der Waals surface area (Å²) in [7, 11) is 1.48. The van der Waals surface area contributed by atoms with Crippen molar-refractivity contribution >= 4 is 12.1 Å². The molecule has 2 aromatic carbocycles. The number of fused-ring (bicyclic) bond motifs is 3. The third-order valence-electron chi connectivity index (χ3n) is 4.93.